The van der Waals surface area contributed by atoms with Gasteiger partial charge < -0.3 is 20.5 Å². The van der Waals surface area contributed by atoms with Crippen LogP contribution in [-0.2, 0) is 20.8 Å². The van der Waals surface area contributed by atoms with Crippen LogP contribution in [0.1, 0.15) is 18.9 Å². The molecule has 2 aromatic carbocycles. The first-order chi connectivity index (χ1) is 15.0. The topological polar surface area (TPSA) is 94.3 Å². The maximum atomic E-state index is 12.6. The summed E-state index contributed by atoms with van der Waals surface area (Å²) in [5.41, 5.74) is 2.99. The lowest BCUT2D eigenvalue weighted by atomic mass is 10.1. The van der Waals surface area contributed by atoms with E-state index < -0.39 is 12.0 Å². The molecule has 3 aromatic rings. The van der Waals surface area contributed by atoms with Gasteiger partial charge in [-0.2, -0.15) is 0 Å². The molecular formula is C24H26N4O3. The molecule has 4 rings (SSSR count). The van der Waals surface area contributed by atoms with Gasteiger partial charge >= 0.3 is 0 Å². The highest BCUT2D eigenvalue weighted by atomic mass is 16.2. The summed E-state index contributed by atoms with van der Waals surface area (Å²) in [6.07, 6.45) is 2.80. The molecule has 7 heteroatoms. The van der Waals surface area contributed by atoms with Gasteiger partial charge in [0, 0.05) is 42.3 Å². The van der Waals surface area contributed by atoms with E-state index in [2.05, 4.69) is 15.6 Å². The van der Waals surface area contributed by atoms with E-state index in [9.17, 15) is 14.4 Å². The first-order valence-electron chi connectivity index (χ1n) is 10.5. The summed E-state index contributed by atoms with van der Waals surface area (Å²) < 4.78 is 0. The third-order valence-corrected chi connectivity index (χ3v) is 5.68. The number of amides is 3. The van der Waals surface area contributed by atoms with Crippen LogP contribution in [0.3, 0.4) is 0 Å². The van der Waals surface area contributed by atoms with Crippen LogP contribution in [0.15, 0.2) is 60.8 Å². The molecule has 0 radical (unpaired) electrons. The standard InChI is InChI=1S/C24H26N4O3/c1-16(23(30)25-12-11-17-14-26-21-10-6-5-9-20(17)21)27-24(31)18-13-22(29)28(15-18)19-7-3-2-4-8-19/h2-10,14,16,18,26H,11-13,15H2,1H3,(H,25,30)(H,27,31)/t16-,18?/m1/s1. The Kier molecular flexibility index (Phi) is 6.02. The van der Waals surface area contributed by atoms with E-state index in [-0.39, 0.29) is 24.1 Å². The SMILES string of the molecule is C[C@@H](NC(=O)C1CC(=O)N(c2ccccc2)C1)C(=O)NCCc1c[nH]c2ccccc12. The molecule has 3 amide bonds. The quantitative estimate of drug-likeness (QED) is 0.550. The Labute approximate surface area is 180 Å². The number of anilines is 1. The van der Waals surface area contributed by atoms with Gasteiger partial charge in [-0.25, -0.2) is 0 Å². The summed E-state index contributed by atoms with van der Waals surface area (Å²) in [6.45, 7) is 2.46. The van der Waals surface area contributed by atoms with Crippen molar-refractivity contribution in [3.05, 3.63) is 66.4 Å². The number of carbonyl (C=O) groups is 3. The monoisotopic (exact) mass is 418 g/mol. The fourth-order valence-electron chi connectivity index (χ4n) is 3.95. The van der Waals surface area contributed by atoms with Gasteiger partial charge in [-0.05, 0) is 37.1 Å². The van der Waals surface area contributed by atoms with Gasteiger partial charge in [0.2, 0.25) is 17.7 Å². The molecule has 0 aliphatic carbocycles. The summed E-state index contributed by atoms with van der Waals surface area (Å²) >= 11 is 0. The first-order valence-corrected chi connectivity index (χ1v) is 10.5. The second kappa shape index (κ2) is 9.04. The van der Waals surface area contributed by atoms with Crippen molar-refractivity contribution in [2.75, 3.05) is 18.0 Å². The fraction of sp³-hybridized carbons (Fsp3) is 0.292. The maximum absolute atomic E-state index is 12.6. The highest BCUT2D eigenvalue weighted by Gasteiger charge is 2.35. The lowest BCUT2D eigenvalue weighted by Crippen LogP contribution is -2.47. The van der Waals surface area contributed by atoms with Crippen LogP contribution in [-0.4, -0.2) is 41.8 Å². The van der Waals surface area contributed by atoms with E-state index in [1.165, 1.54) is 0 Å². The van der Waals surface area contributed by atoms with Crippen molar-refractivity contribution in [1.82, 2.24) is 15.6 Å². The maximum Gasteiger partial charge on any atom is 0.242 e. The number of aromatic nitrogens is 1. The van der Waals surface area contributed by atoms with Crippen molar-refractivity contribution in [1.29, 1.82) is 0 Å². The van der Waals surface area contributed by atoms with Crippen molar-refractivity contribution < 1.29 is 14.4 Å². The lowest BCUT2D eigenvalue weighted by molar-refractivity contribution is -0.130. The van der Waals surface area contributed by atoms with Gasteiger partial charge in [0.15, 0.2) is 0 Å². The van der Waals surface area contributed by atoms with Gasteiger partial charge in [0.1, 0.15) is 6.04 Å². The zero-order valence-corrected chi connectivity index (χ0v) is 17.4. The highest BCUT2D eigenvalue weighted by molar-refractivity contribution is 6.01. The molecule has 2 heterocycles. The first kappa shape index (κ1) is 20.7. The number of aromatic amines is 1. The third kappa shape index (κ3) is 4.60. The molecular weight excluding hydrogens is 392 g/mol. The van der Waals surface area contributed by atoms with Crippen LogP contribution >= 0.6 is 0 Å². The number of hydrogen-bond donors (Lipinski definition) is 3. The molecule has 1 aromatic heterocycles. The van der Waals surface area contributed by atoms with Crippen molar-refractivity contribution >= 4 is 34.3 Å². The summed E-state index contributed by atoms with van der Waals surface area (Å²) in [5.74, 6) is -1.06. The second-order valence-corrected chi connectivity index (χ2v) is 7.87. The molecule has 0 bridgehead atoms. The van der Waals surface area contributed by atoms with Crippen LogP contribution < -0.4 is 15.5 Å². The predicted molar refractivity (Wildman–Crippen MR) is 120 cm³/mol. The van der Waals surface area contributed by atoms with Gasteiger partial charge in [0.25, 0.3) is 0 Å². The number of H-pyrrole nitrogens is 1. The molecule has 1 fully saturated rings. The number of nitrogens with zero attached hydrogens (tertiary/aromatic N) is 1. The minimum atomic E-state index is -0.670. The van der Waals surface area contributed by atoms with Crippen LogP contribution in [0.2, 0.25) is 0 Å². The van der Waals surface area contributed by atoms with Crippen LogP contribution in [0.5, 0.6) is 0 Å². The summed E-state index contributed by atoms with van der Waals surface area (Å²) in [7, 11) is 0. The van der Waals surface area contributed by atoms with Gasteiger partial charge in [-0.1, -0.05) is 36.4 Å². The Bertz CT molecular complexity index is 1090. The van der Waals surface area contributed by atoms with Crippen LogP contribution in [0.25, 0.3) is 10.9 Å². The Morgan fingerprint density at radius 2 is 1.87 bits per heavy atom. The largest absolute Gasteiger partial charge is 0.361 e. The molecule has 0 saturated carbocycles. The van der Waals surface area contributed by atoms with Crippen LogP contribution in [0, 0.1) is 5.92 Å². The number of benzene rings is 2. The molecule has 7 nitrogen and oxygen atoms in total. The molecule has 2 atom stereocenters. The average Bonchev–Trinajstić information content (AvgIpc) is 3.38. The van der Waals surface area contributed by atoms with Crippen molar-refractivity contribution in [2.45, 2.75) is 25.8 Å². The van der Waals surface area contributed by atoms with E-state index in [1.807, 2.05) is 60.8 Å². The molecule has 31 heavy (non-hydrogen) atoms. The van der Waals surface area contributed by atoms with Gasteiger partial charge in [-0.3, -0.25) is 14.4 Å². The Morgan fingerprint density at radius 3 is 2.68 bits per heavy atom. The highest BCUT2D eigenvalue weighted by Crippen LogP contribution is 2.25. The van der Waals surface area contributed by atoms with E-state index in [1.54, 1.807) is 11.8 Å². The number of carbonyl (C=O) groups excluding carboxylic acids is 3. The molecule has 1 aliphatic rings. The van der Waals surface area contributed by atoms with E-state index in [0.717, 1.165) is 22.2 Å². The molecule has 160 valence electrons. The predicted octanol–water partition coefficient (Wildman–Crippen LogP) is 2.38. The van der Waals surface area contributed by atoms with Crippen LogP contribution in [0.4, 0.5) is 5.69 Å². The van der Waals surface area contributed by atoms with E-state index in [0.29, 0.717) is 19.5 Å². The fourth-order valence-corrected chi connectivity index (χ4v) is 3.95. The Morgan fingerprint density at radius 1 is 1.13 bits per heavy atom. The van der Waals surface area contributed by atoms with Gasteiger partial charge in [-0.15, -0.1) is 0 Å². The van der Waals surface area contributed by atoms with E-state index >= 15 is 0 Å². The zero-order chi connectivity index (χ0) is 21.8. The smallest absolute Gasteiger partial charge is 0.242 e. The van der Waals surface area contributed by atoms with Crippen molar-refractivity contribution in [3.8, 4) is 0 Å². The molecule has 3 N–H and O–H groups in total. The second-order valence-electron chi connectivity index (χ2n) is 7.87. The zero-order valence-electron chi connectivity index (χ0n) is 17.4. The summed E-state index contributed by atoms with van der Waals surface area (Å²) in [6, 6.07) is 16.7. The Hall–Kier alpha value is -3.61. The molecule has 1 unspecified atom stereocenters. The average molecular weight is 418 g/mol. The minimum Gasteiger partial charge on any atom is -0.361 e. The lowest BCUT2D eigenvalue weighted by Gasteiger charge is -2.18. The molecule has 0 spiro atoms. The minimum absolute atomic E-state index is 0.0813. The normalized spacial score (nSPS) is 17.0. The number of fused-ring (bicyclic) bond motifs is 1. The van der Waals surface area contributed by atoms with E-state index in [4.69, 9.17) is 0 Å². The van der Waals surface area contributed by atoms with Crippen molar-refractivity contribution in [2.24, 2.45) is 5.92 Å². The summed E-state index contributed by atoms with van der Waals surface area (Å²) in [5, 5.41) is 6.78. The van der Waals surface area contributed by atoms with Crippen molar-refractivity contribution in [3.63, 3.8) is 0 Å². The Balaban J connectivity index is 1.26. The summed E-state index contributed by atoms with van der Waals surface area (Å²) in [4.78, 5) is 42.2. The number of rotatable bonds is 7. The molecule has 1 aliphatic heterocycles. The number of hydrogen-bond acceptors (Lipinski definition) is 3. The number of nitrogens with one attached hydrogen (secondary N) is 3. The number of para-hydroxylation sites is 2. The van der Waals surface area contributed by atoms with Gasteiger partial charge in [0.05, 0.1) is 5.92 Å². The molecule has 1 saturated heterocycles. The third-order valence-electron chi connectivity index (χ3n) is 5.68.